The Hall–Kier alpha value is -2.37. The number of para-hydroxylation sites is 1. The highest BCUT2D eigenvalue weighted by Gasteiger charge is 2.27. The van der Waals surface area contributed by atoms with Gasteiger partial charge in [-0.1, -0.05) is 42.5 Å². The number of H-pyrrole nitrogens is 1. The molecule has 0 aliphatic carbocycles. The van der Waals surface area contributed by atoms with Crippen molar-refractivity contribution >= 4 is 26.5 Å². The van der Waals surface area contributed by atoms with Gasteiger partial charge in [-0.2, -0.15) is 4.31 Å². The van der Waals surface area contributed by atoms with Gasteiger partial charge in [0, 0.05) is 35.8 Å². The molecule has 128 valence electrons. The fourth-order valence-corrected chi connectivity index (χ4v) is 5.04. The minimum absolute atomic E-state index is 0.402. The maximum Gasteiger partial charge on any atom is 0.243 e. The number of aromatic nitrogens is 1. The van der Waals surface area contributed by atoms with Crippen LogP contribution >= 0.6 is 0 Å². The van der Waals surface area contributed by atoms with Gasteiger partial charge in [-0.05, 0) is 36.6 Å². The molecule has 2 heterocycles. The summed E-state index contributed by atoms with van der Waals surface area (Å²) in [5.41, 5.74) is 4.26. The van der Waals surface area contributed by atoms with E-state index < -0.39 is 10.0 Å². The molecule has 0 amide bonds. The Morgan fingerprint density at radius 2 is 1.80 bits per heavy atom. The first-order chi connectivity index (χ1) is 12.1. The van der Waals surface area contributed by atoms with Gasteiger partial charge in [0.25, 0.3) is 0 Å². The van der Waals surface area contributed by atoms with Crippen LogP contribution in [0.4, 0.5) is 0 Å². The van der Waals surface area contributed by atoms with Crippen LogP contribution in [0.15, 0.2) is 65.7 Å². The van der Waals surface area contributed by atoms with Crippen LogP contribution in [-0.2, 0) is 10.0 Å². The van der Waals surface area contributed by atoms with Crippen molar-refractivity contribution in [3.63, 3.8) is 0 Å². The van der Waals surface area contributed by atoms with Crippen LogP contribution < -0.4 is 0 Å². The van der Waals surface area contributed by atoms with Crippen LogP contribution in [0.1, 0.15) is 17.5 Å². The molecule has 0 spiro atoms. The van der Waals surface area contributed by atoms with Gasteiger partial charge in [-0.3, -0.25) is 0 Å². The number of aromatic amines is 1. The van der Waals surface area contributed by atoms with Crippen molar-refractivity contribution in [1.82, 2.24) is 9.29 Å². The first kappa shape index (κ1) is 16.1. The number of benzene rings is 2. The molecule has 1 aromatic heterocycles. The zero-order valence-electron chi connectivity index (χ0n) is 14.1. The molecule has 4 rings (SSSR count). The minimum atomic E-state index is -3.45. The summed E-state index contributed by atoms with van der Waals surface area (Å²) < 4.78 is 27.4. The molecule has 2 aromatic carbocycles. The van der Waals surface area contributed by atoms with E-state index in [-0.39, 0.29) is 0 Å². The Kier molecular flexibility index (Phi) is 3.98. The summed E-state index contributed by atoms with van der Waals surface area (Å²) in [6, 6.07) is 15.3. The van der Waals surface area contributed by atoms with Gasteiger partial charge >= 0.3 is 0 Å². The topological polar surface area (TPSA) is 53.2 Å². The number of hydrogen-bond acceptors (Lipinski definition) is 2. The van der Waals surface area contributed by atoms with Crippen LogP contribution in [0, 0.1) is 6.92 Å². The van der Waals surface area contributed by atoms with Crippen LogP contribution in [0.5, 0.6) is 0 Å². The maximum atomic E-state index is 12.9. The zero-order valence-corrected chi connectivity index (χ0v) is 14.9. The lowest BCUT2D eigenvalue weighted by Crippen LogP contribution is -2.35. The van der Waals surface area contributed by atoms with Gasteiger partial charge in [0.05, 0.1) is 4.90 Å². The highest BCUT2D eigenvalue weighted by molar-refractivity contribution is 7.89. The molecule has 1 N–H and O–H groups in total. The summed E-state index contributed by atoms with van der Waals surface area (Å²) in [6.45, 7) is 2.75. The van der Waals surface area contributed by atoms with Gasteiger partial charge in [0.2, 0.25) is 10.0 Å². The van der Waals surface area contributed by atoms with Crippen LogP contribution in [0.2, 0.25) is 0 Å². The minimum Gasteiger partial charge on any atom is -0.361 e. The average Bonchev–Trinajstić information content (AvgIpc) is 3.06. The van der Waals surface area contributed by atoms with Crippen molar-refractivity contribution in [3.05, 3.63) is 71.9 Å². The Morgan fingerprint density at radius 3 is 2.56 bits per heavy atom. The number of rotatable bonds is 3. The van der Waals surface area contributed by atoms with E-state index in [0.29, 0.717) is 24.4 Å². The number of aryl methyl sites for hydroxylation is 1. The third-order valence-corrected chi connectivity index (χ3v) is 6.84. The van der Waals surface area contributed by atoms with E-state index in [1.807, 2.05) is 43.5 Å². The average molecular weight is 352 g/mol. The van der Waals surface area contributed by atoms with E-state index in [9.17, 15) is 8.42 Å². The van der Waals surface area contributed by atoms with Gasteiger partial charge in [0.1, 0.15) is 0 Å². The number of nitrogens with one attached hydrogen (secondary N) is 1. The van der Waals surface area contributed by atoms with Crippen molar-refractivity contribution in [2.45, 2.75) is 18.2 Å². The lowest BCUT2D eigenvalue weighted by Gasteiger charge is -2.26. The quantitative estimate of drug-likeness (QED) is 0.776. The van der Waals surface area contributed by atoms with Crippen molar-refractivity contribution in [1.29, 1.82) is 0 Å². The summed E-state index contributed by atoms with van der Waals surface area (Å²) in [4.78, 5) is 3.69. The highest BCUT2D eigenvalue weighted by atomic mass is 32.2. The van der Waals surface area contributed by atoms with E-state index in [2.05, 4.69) is 17.1 Å². The normalized spacial score (nSPS) is 16.1. The molecule has 0 radical (unpaired) electrons. The predicted octanol–water partition coefficient (Wildman–Crippen LogP) is 3.95. The van der Waals surface area contributed by atoms with Crippen LogP contribution in [0.3, 0.4) is 0 Å². The molecule has 4 nitrogen and oxygen atoms in total. The summed E-state index contributed by atoms with van der Waals surface area (Å²) in [7, 11) is -3.45. The third kappa shape index (κ3) is 2.79. The van der Waals surface area contributed by atoms with Crippen molar-refractivity contribution in [2.75, 3.05) is 13.1 Å². The molecule has 0 bridgehead atoms. The second-order valence-corrected chi connectivity index (χ2v) is 8.26. The number of fused-ring (bicyclic) bond motifs is 1. The fraction of sp³-hybridized carbons (Fsp3) is 0.200. The van der Waals surface area contributed by atoms with E-state index >= 15 is 0 Å². The predicted molar refractivity (Wildman–Crippen MR) is 101 cm³/mol. The van der Waals surface area contributed by atoms with E-state index in [1.54, 1.807) is 16.4 Å². The van der Waals surface area contributed by atoms with E-state index in [1.165, 1.54) is 16.5 Å². The fourth-order valence-electron chi connectivity index (χ4n) is 3.44. The molecular formula is C20H20N2O2S. The molecule has 0 atom stereocenters. The van der Waals surface area contributed by atoms with Gasteiger partial charge in [0.15, 0.2) is 0 Å². The van der Waals surface area contributed by atoms with Gasteiger partial charge in [-0.15, -0.1) is 0 Å². The third-order valence-electron chi connectivity index (χ3n) is 4.82. The molecule has 0 fully saturated rings. The first-order valence-electron chi connectivity index (χ1n) is 8.39. The largest absolute Gasteiger partial charge is 0.361 e. The Labute approximate surface area is 147 Å². The SMILES string of the molecule is Cc1ccccc1S(=O)(=O)N1CC=C(c2c[nH]c3ccccc23)CC1. The van der Waals surface area contributed by atoms with Gasteiger partial charge in [-0.25, -0.2) is 8.42 Å². The molecule has 0 saturated carbocycles. The molecular weight excluding hydrogens is 332 g/mol. The second kappa shape index (κ2) is 6.17. The maximum absolute atomic E-state index is 12.9. The van der Waals surface area contributed by atoms with E-state index in [4.69, 9.17) is 0 Å². The Bertz CT molecular complexity index is 1060. The number of sulfonamides is 1. The monoisotopic (exact) mass is 352 g/mol. The number of nitrogens with zero attached hydrogens (tertiary/aromatic N) is 1. The Balaban J connectivity index is 1.63. The second-order valence-electron chi connectivity index (χ2n) is 6.36. The van der Waals surface area contributed by atoms with Crippen LogP contribution in [-0.4, -0.2) is 30.8 Å². The number of hydrogen-bond donors (Lipinski definition) is 1. The van der Waals surface area contributed by atoms with Crippen molar-refractivity contribution in [2.24, 2.45) is 0 Å². The van der Waals surface area contributed by atoms with Crippen molar-refractivity contribution < 1.29 is 8.42 Å². The highest BCUT2D eigenvalue weighted by Crippen LogP contribution is 2.31. The lowest BCUT2D eigenvalue weighted by atomic mass is 10.00. The Morgan fingerprint density at radius 1 is 1.04 bits per heavy atom. The molecule has 0 unspecified atom stereocenters. The summed E-state index contributed by atoms with van der Waals surface area (Å²) in [5, 5.41) is 1.18. The smallest absolute Gasteiger partial charge is 0.243 e. The summed E-state index contributed by atoms with van der Waals surface area (Å²) in [5.74, 6) is 0. The zero-order chi connectivity index (χ0) is 17.4. The van der Waals surface area contributed by atoms with Crippen LogP contribution in [0.25, 0.3) is 16.5 Å². The van der Waals surface area contributed by atoms with Gasteiger partial charge < -0.3 is 4.98 Å². The summed E-state index contributed by atoms with van der Waals surface area (Å²) in [6.07, 6.45) is 4.77. The van der Waals surface area contributed by atoms with Crippen molar-refractivity contribution in [3.8, 4) is 0 Å². The molecule has 25 heavy (non-hydrogen) atoms. The van der Waals surface area contributed by atoms with E-state index in [0.717, 1.165) is 11.1 Å². The molecule has 1 aliphatic rings. The molecule has 5 heteroatoms. The standard InChI is InChI=1S/C20H20N2O2S/c1-15-6-2-5-9-20(15)25(23,24)22-12-10-16(11-13-22)18-14-21-19-8-4-3-7-17(18)19/h2-10,14,21H,11-13H2,1H3. The first-order valence-corrected chi connectivity index (χ1v) is 9.83. The molecule has 3 aromatic rings. The molecule has 0 saturated heterocycles. The summed E-state index contributed by atoms with van der Waals surface area (Å²) >= 11 is 0. The lowest BCUT2D eigenvalue weighted by molar-refractivity contribution is 0.441. The molecule has 1 aliphatic heterocycles.